The van der Waals surface area contributed by atoms with Crippen LogP contribution in [0, 0.1) is 0 Å². The van der Waals surface area contributed by atoms with Gasteiger partial charge in [-0.3, -0.25) is 4.98 Å². The second kappa shape index (κ2) is 4.04. The Morgan fingerprint density at radius 2 is 2.30 bits per heavy atom. The molecule has 0 spiro atoms. The summed E-state index contributed by atoms with van der Waals surface area (Å²) in [4.78, 5) is 13.8. The molecule has 0 atom stereocenters. The molecular formula is C6H5CuNO2+. The quantitative estimate of drug-likeness (QED) is 0.660. The van der Waals surface area contributed by atoms with Crippen LogP contribution in [-0.4, -0.2) is 16.1 Å². The van der Waals surface area contributed by atoms with E-state index in [9.17, 15) is 4.79 Å². The fraction of sp³-hybridized carbons (Fsp3) is 0. The van der Waals surface area contributed by atoms with Gasteiger partial charge in [0.05, 0.1) is 5.56 Å². The van der Waals surface area contributed by atoms with Crippen molar-refractivity contribution in [3.63, 3.8) is 0 Å². The predicted molar refractivity (Wildman–Crippen MR) is 31.2 cm³/mol. The van der Waals surface area contributed by atoms with Gasteiger partial charge in [0.15, 0.2) is 0 Å². The number of hydrogen-bond donors (Lipinski definition) is 1. The van der Waals surface area contributed by atoms with Crippen LogP contribution in [-0.2, 0) is 17.1 Å². The number of rotatable bonds is 1. The Kier molecular flexibility index (Phi) is 3.69. The van der Waals surface area contributed by atoms with Gasteiger partial charge in [-0.15, -0.1) is 0 Å². The number of hydrogen-bond acceptors (Lipinski definition) is 2. The van der Waals surface area contributed by atoms with E-state index in [-0.39, 0.29) is 22.6 Å². The first kappa shape index (κ1) is 9.14. The van der Waals surface area contributed by atoms with Crippen LogP contribution in [0.15, 0.2) is 24.5 Å². The van der Waals surface area contributed by atoms with Crippen LogP contribution in [0.3, 0.4) is 0 Å². The number of aromatic carboxylic acids is 1. The van der Waals surface area contributed by atoms with E-state index in [0.717, 1.165) is 0 Å². The zero-order valence-corrected chi connectivity index (χ0v) is 5.86. The normalized spacial score (nSPS) is 8.00. The number of carboxylic acid groups (broad SMARTS) is 1. The zero-order valence-electron chi connectivity index (χ0n) is 4.91. The van der Waals surface area contributed by atoms with E-state index in [1.807, 2.05) is 0 Å². The van der Waals surface area contributed by atoms with Gasteiger partial charge in [0.1, 0.15) is 0 Å². The molecule has 0 aromatic carbocycles. The molecule has 1 aromatic heterocycles. The molecule has 0 unspecified atom stereocenters. The van der Waals surface area contributed by atoms with Gasteiger partial charge >= 0.3 is 23.0 Å². The van der Waals surface area contributed by atoms with Gasteiger partial charge in [-0.05, 0) is 12.1 Å². The molecule has 1 aromatic rings. The molecule has 3 nitrogen and oxygen atoms in total. The van der Waals surface area contributed by atoms with Crippen molar-refractivity contribution in [1.29, 1.82) is 0 Å². The molecule has 1 heterocycles. The summed E-state index contributed by atoms with van der Waals surface area (Å²) in [6.45, 7) is 0. The van der Waals surface area contributed by atoms with Crippen LogP contribution < -0.4 is 0 Å². The van der Waals surface area contributed by atoms with Crippen molar-refractivity contribution in [3.8, 4) is 0 Å². The number of pyridine rings is 1. The van der Waals surface area contributed by atoms with Crippen molar-refractivity contribution in [2.45, 2.75) is 0 Å². The SMILES string of the molecule is O=C(O)c1cccnc1.[Cu+]. The summed E-state index contributed by atoms with van der Waals surface area (Å²) in [6.07, 6.45) is 2.84. The van der Waals surface area contributed by atoms with Gasteiger partial charge in [0, 0.05) is 12.4 Å². The first-order chi connectivity index (χ1) is 4.30. The Morgan fingerprint density at radius 1 is 1.60 bits per heavy atom. The third-order valence-corrected chi connectivity index (χ3v) is 0.908. The largest absolute Gasteiger partial charge is 1.00 e. The second-order valence-corrected chi connectivity index (χ2v) is 1.55. The van der Waals surface area contributed by atoms with E-state index in [1.54, 1.807) is 6.07 Å². The Hall–Kier alpha value is -0.861. The molecule has 0 radical (unpaired) electrons. The molecule has 0 bridgehead atoms. The fourth-order valence-electron chi connectivity index (χ4n) is 0.489. The number of aromatic nitrogens is 1. The van der Waals surface area contributed by atoms with Gasteiger partial charge in [0.25, 0.3) is 0 Å². The van der Waals surface area contributed by atoms with Crippen molar-refractivity contribution in [3.05, 3.63) is 30.1 Å². The summed E-state index contributed by atoms with van der Waals surface area (Å²) < 4.78 is 0. The number of carbonyl (C=O) groups is 1. The molecule has 4 heteroatoms. The molecule has 0 amide bonds. The fourth-order valence-corrected chi connectivity index (χ4v) is 0.489. The first-order valence-electron chi connectivity index (χ1n) is 2.44. The summed E-state index contributed by atoms with van der Waals surface area (Å²) in [5.74, 6) is -0.942. The Balaban J connectivity index is 0.000000810. The molecule has 0 aliphatic rings. The standard InChI is InChI=1S/C6H5NO2.Cu/c8-6(9)5-2-1-3-7-4-5;/h1-4H,(H,8,9);/q;+1. The van der Waals surface area contributed by atoms with E-state index in [0.29, 0.717) is 0 Å². The van der Waals surface area contributed by atoms with E-state index >= 15 is 0 Å². The van der Waals surface area contributed by atoms with Crippen molar-refractivity contribution < 1.29 is 27.0 Å². The molecule has 0 aliphatic carbocycles. The molecule has 0 fully saturated rings. The van der Waals surface area contributed by atoms with E-state index in [2.05, 4.69) is 4.98 Å². The van der Waals surface area contributed by atoms with Gasteiger partial charge in [-0.2, -0.15) is 0 Å². The Morgan fingerprint density at radius 3 is 2.60 bits per heavy atom. The molecule has 0 saturated heterocycles. The van der Waals surface area contributed by atoms with Crippen LogP contribution >= 0.6 is 0 Å². The van der Waals surface area contributed by atoms with Crippen LogP contribution in [0.25, 0.3) is 0 Å². The van der Waals surface area contributed by atoms with Crippen LogP contribution in [0.4, 0.5) is 0 Å². The maximum Gasteiger partial charge on any atom is 1.00 e. The Labute approximate surface area is 68.6 Å². The molecule has 1 rings (SSSR count). The minimum atomic E-state index is -0.942. The Bertz CT molecular complexity index is 212. The summed E-state index contributed by atoms with van der Waals surface area (Å²) in [7, 11) is 0. The molecular weight excluding hydrogens is 182 g/mol. The monoisotopic (exact) mass is 186 g/mol. The predicted octanol–water partition coefficient (Wildman–Crippen LogP) is 0.777. The summed E-state index contributed by atoms with van der Waals surface area (Å²) >= 11 is 0. The van der Waals surface area contributed by atoms with E-state index in [4.69, 9.17) is 5.11 Å². The average Bonchev–Trinajstić information content (AvgIpc) is 1.90. The van der Waals surface area contributed by atoms with Crippen molar-refractivity contribution >= 4 is 5.97 Å². The average molecular weight is 187 g/mol. The number of nitrogens with zero attached hydrogens (tertiary/aromatic N) is 1. The molecule has 10 heavy (non-hydrogen) atoms. The van der Waals surface area contributed by atoms with Crippen LogP contribution in [0.2, 0.25) is 0 Å². The van der Waals surface area contributed by atoms with E-state index < -0.39 is 5.97 Å². The van der Waals surface area contributed by atoms with Gasteiger partial charge in [0.2, 0.25) is 0 Å². The zero-order chi connectivity index (χ0) is 6.69. The topological polar surface area (TPSA) is 50.2 Å². The van der Waals surface area contributed by atoms with Crippen molar-refractivity contribution in [2.75, 3.05) is 0 Å². The second-order valence-electron chi connectivity index (χ2n) is 1.55. The number of carboxylic acids is 1. The van der Waals surface area contributed by atoms with Crippen LogP contribution in [0.1, 0.15) is 10.4 Å². The summed E-state index contributed by atoms with van der Waals surface area (Å²) in [5, 5.41) is 8.34. The molecule has 56 valence electrons. The van der Waals surface area contributed by atoms with Crippen molar-refractivity contribution in [1.82, 2.24) is 4.98 Å². The van der Waals surface area contributed by atoms with Crippen LogP contribution in [0.5, 0.6) is 0 Å². The van der Waals surface area contributed by atoms with E-state index in [1.165, 1.54) is 18.5 Å². The smallest absolute Gasteiger partial charge is 0.478 e. The van der Waals surface area contributed by atoms with Gasteiger partial charge < -0.3 is 5.11 Å². The molecule has 0 aliphatic heterocycles. The van der Waals surface area contributed by atoms with Crippen molar-refractivity contribution in [2.24, 2.45) is 0 Å². The third kappa shape index (κ3) is 2.17. The van der Waals surface area contributed by atoms with Gasteiger partial charge in [-0.1, -0.05) is 0 Å². The summed E-state index contributed by atoms with van der Waals surface area (Å²) in [5.41, 5.74) is 0.220. The minimum Gasteiger partial charge on any atom is -0.478 e. The first-order valence-corrected chi connectivity index (χ1v) is 2.44. The third-order valence-electron chi connectivity index (χ3n) is 0.908. The molecule has 0 saturated carbocycles. The molecule has 1 N–H and O–H groups in total. The maximum atomic E-state index is 10.2. The maximum absolute atomic E-state index is 10.2. The minimum absolute atomic E-state index is 0. The summed E-state index contributed by atoms with van der Waals surface area (Å²) in [6, 6.07) is 3.08. The van der Waals surface area contributed by atoms with Gasteiger partial charge in [-0.25, -0.2) is 4.79 Å².